The van der Waals surface area contributed by atoms with Crippen LogP contribution in [0.3, 0.4) is 0 Å². The lowest BCUT2D eigenvalue weighted by molar-refractivity contribution is -0.123. The molecule has 0 spiro atoms. The summed E-state index contributed by atoms with van der Waals surface area (Å²) in [4.78, 5) is 24.0. The summed E-state index contributed by atoms with van der Waals surface area (Å²) in [5, 5.41) is 3.67. The van der Waals surface area contributed by atoms with Crippen molar-refractivity contribution in [3.63, 3.8) is 0 Å². The van der Waals surface area contributed by atoms with Gasteiger partial charge >= 0.3 is 5.63 Å². The number of amides is 1. The van der Waals surface area contributed by atoms with Crippen molar-refractivity contribution in [1.82, 2.24) is 5.32 Å². The van der Waals surface area contributed by atoms with Gasteiger partial charge in [0.1, 0.15) is 11.3 Å². The van der Waals surface area contributed by atoms with Crippen LogP contribution in [0.2, 0.25) is 0 Å². The van der Waals surface area contributed by atoms with Gasteiger partial charge in [0.2, 0.25) is 0 Å². The molecule has 2 heterocycles. The van der Waals surface area contributed by atoms with Crippen molar-refractivity contribution in [2.24, 2.45) is 5.92 Å². The van der Waals surface area contributed by atoms with Gasteiger partial charge in [0.15, 0.2) is 6.61 Å². The molecule has 0 unspecified atom stereocenters. The van der Waals surface area contributed by atoms with Crippen LogP contribution >= 0.6 is 0 Å². The van der Waals surface area contributed by atoms with Gasteiger partial charge in [0.05, 0.1) is 5.39 Å². The molecule has 1 aliphatic rings. The third-order valence-electron chi connectivity index (χ3n) is 4.94. The molecule has 1 aromatic heterocycles. The topological polar surface area (TPSA) is 77.8 Å². The quantitative estimate of drug-likeness (QED) is 0.831. The van der Waals surface area contributed by atoms with E-state index >= 15 is 0 Å². The first-order valence-electron chi connectivity index (χ1n) is 8.97. The highest BCUT2D eigenvalue weighted by atomic mass is 16.5. The Morgan fingerprint density at radius 3 is 2.65 bits per heavy atom. The lowest BCUT2D eigenvalue weighted by atomic mass is 10.0. The summed E-state index contributed by atoms with van der Waals surface area (Å²) < 4.78 is 16.5. The molecule has 1 aromatic carbocycles. The standard InChI is InChI=1S/C20H25NO5/c1-12-8-16(19-13(2)14(3)20(23)26-17(19)9-12)25-11-18(22)21-10-15-4-6-24-7-5-15/h8-9,15H,4-7,10-11H2,1-3H3,(H,21,22). The molecule has 1 fully saturated rings. The highest BCUT2D eigenvalue weighted by Crippen LogP contribution is 2.30. The monoisotopic (exact) mass is 359 g/mol. The number of ether oxygens (including phenoxy) is 2. The van der Waals surface area contributed by atoms with Crippen molar-refractivity contribution in [3.8, 4) is 5.75 Å². The SMILES string of the molecule is Cc1cc(OCC(=O)NCC2CCOCC2)c2c(C)c(C)c(=O)oc2c1. The molecule has 0 radical (unpaired) electrons. The number of fused-ring (bicyclic) bond motifs is 1. The van der Waals surface area contributed by atoms with Crippen molar-refractivity contribution in [1.29, 1.82) is 0 Å². The van der Waals surface area contributed by atoms with Crippen molar-refractivity contribution >= 4 is 16.9 Å². The van der Waals surface area contributed by atoms with Crippen LogP contribution in [-0.4, -0.2) is 32.3 Å². The van der Waals surface area contributed by atoms with Crippen LogP contribution in [-0.2, 0) is 9.53 Å². The van der Waals surface area contributed by atoms with Crippen LogP contribution < -0.4 is 15.7 Å². The average molecular weight is 359 g/mol. The Kier molecular flexibility index (Phi) is 5.61. The average Bonchev–Trinajstić information content (AvgIpc) is 2.63. The van der Waals surface area contributed by atoms with Crippen molar-refractivity contribution < 1.29 is 18.7 Å². The molecule has 1 amide bonds. The number of rotatable bonds is 5. The first kappa shape index (κ1) is 18.5. The van der Waals surface area contributed by atoms with Gasteiger partial charge in [0.25, 0.3) is 5.91 Å². The Labute approximate surface area is 152 Å². The summed E-state index contributed by atoms with van der Waals surface area (Å²) in [5.74, 6) is 0.871. The number of hydrogen-bond donors (Lipinski definition) is 1. The van der Waals surface area contributed by atoms with Gasteiger partial charge in [-0.05, 0) is 62.8 Å². The second-order valence-corrected chi connectivity index (χ2v) is 6.92. The highest BCUT2D eigenvalue weighted by molar-refractivity contribution is 5.88. The van der Waals surface area contributed by atoms with E-state index in [1.165, 1.54) is 0 Å². The second kappa shape index (κ2) is 7.91. The maximum absolute atomic E-state index is 12.1. The van der Waals surface area contributed by atoms with E-state index in [0.29, 0.717) is 29.4 Å². The van der Waals surface area contributed by atoms with Gasteiger partial charge in [-0.25, -0.2) is 4.79 Å². The van der Waals surface area contributed by atoms with Gasteiger partial charge < -0.3 is 19.2 Å². The Morgan fingerprint density at radius 2 is 1.92 bits per heavy atom. The second-order valence-electron chi connectivity index (χ2n) is 6.92. The van der Waals surface area contributed by atoms with E-state index in [0.717, 1.165) is 42.6 Å². The molecule has 26 heavy (non-hydrogen) atoms. The van der Waals surface area contributed by atoms with Crippen LogP contribution in [0.25, 0.3) is 11.0 Å². The van der Waals surface area contributed by atoms with Gasteiger partial charge in [-0.3, -0.25) is 4.79 Å². The van der Waals surface area contributed by atoms with E-state index in [1.807, 2.05) is 19.9 Å². The fourth-order valence-corrected chi connectivity index (χ4v) is 3.20. The summed E-state index contributed by atoms with van der Waals surface area (Å²) in [7, 11) is 0. The fraction of sp³-hybridized carbons (Fsp3) is 0.500. The zero-order chi connectivity index (χ0) is 18.7. The summed E-state index contributed by atoms with van der Waals surface area (Å²) >= 11 is 0. The molecule has 6 nitrogen and oxygen atoms in total. The minimum atomic E-state index is -0.347. The fourth-order valence-electron chi connectivity index (χ4n) is 3.20. The van der Waals surface area contributed by atoms with Crippen LogP contribution in [0.5, 0.6) is 5.75 Å². The molecule has 1 aliphatic heterocycles. The van der Waals surface area contributed by atoms with Crippen molar-refractivity contribution in [2.45, 2.75) is 33.6 Å². The number of carbonyl (C=O) groups excluding carboxylic acids is 1. The molecule has 1 N–H and O–H groups in total. The maximum Gasteiger partial charge on any atom is 0.339 e. The molecule has 140 valence electrons. The van der Waals surface area contributed by atoms with E-state index in [-0.39, 0.29) is 18.1 Å². The van der Waals surface area contributed by atoms with E-state index < -0.39 is 0 Å². The van der Waals surface area contributed by atoms with Gasteiger partial charge in [-0.2, -0.15) is 0 Å². The lowest BCUT2D eigenvalue weighted by Gasteiger charge is -2.22. The number of aryl methyl sites for hydroxylation is 2. The Morgan fingerprint density at radius 1 is 1.19 bits per heavy atom. The Hall–Kier alpha value is -2.34. The predicted molar refractivity (Wildman–Crippen MR) is 98.7 cm³/mol. The number of carbonyl (C=O) groups is 1. The largest absolute Gasteiger partial charge is 0.483 e. The predicted octanol–water partition coefficient (Wildman–Crippen LogP) is 2.64. The normalized spacial score (nSPS) is 15.2. The molecule has 0 aliphatic carbocycles. The van der Waals surface area contributed by atoms with Crippen LogP contribution in [0.15, 0.2) is 21.3 Å². The van der Waals surface area contributed by atoms with E-state index in [2.05, 4.69) is 5.32 Å². The summed E-state index contributed by atoms with van der Waals surface area (Å²) in [6.07, 6.45) is 1.95. The lowest BCUT2D eigenvalue weighted by Crippen LogP contribution is -2.35. The van der Waals surface area contributed by atoms with E-state index in [4.69, 9.17) is 13.9 Å². The molecule has 0 saturated carbocycles. The number of nitrogens with one attached hydrogen (secondary N) is 1. The summed E-state index contributed by atoms with van der Waals surface area (Å²) in [6.45, 7) is 7.58. The number of benzene rings is 1. The van der Waals surface area contributed by atoms with Gasteiger partial charge in [0, 0.05) is 25.3 Å². The van der Waals surface area contributed by atoms with Gasteiger partial charge in [-0.15, -0.1) is 0 Å². The van der Waals surface area contributed by atoms with Crippen LogP contribution in [0.1, 0.15) is 29.5 Å². The van der Waals surface area contributed by atoms with Crippen LogP contribution in [0.4, 0.5) is 0 Å². The smallest absolute Gasteiger partial charge is 0.339 e. The Bertz CT molecular complexity index is 865. The molecule has 3 rings (SSSR count). The summed E-state index contributed by atoms with van der Waals surface area (Å²) in [6, 6.07) is 3.67. The summed E-state index contributed by atoms with van der Waals surface area (Å²) in [5.41, 5.74) is 2.40. The van der Waals surface area contributed by atoms with E-state index in [1.54, 1.807) is 13.0 Å². The Balaban J connectivity index is 1.71. The molecule has 0 atom stereocenters. The van der Waals surface area contributed by atoms with E-state index in [9.17, 15) is 9.59 Å². The molecular formula is C20H25NO5. The number of hydrogen-bond acceptors (Lipinski definition) is 5. The zero-order valence-electron chi connectivity index (χ0n) is 15.5. The molecule has 2 aromatic rings. The first-order chi connectivity index (χ1) is 12.5. The van der Waals surface area contributed by atoms with Gasteiger partial charge in [-0.1, -0.05) is 0 Å². The molecule has 1 saturated heterocycles. The molecular weight excluding hydrogens is 334 g/mol. The maximum atomic E-state index is 12.1. The zero-order valence-corrected chi connectivity index (χ0v) is 15.5. The van der Waals surface area contributed by atoms with Crippen molar-refractivity contribution in [3.05, 3.63) is 39.2 Å². The third-order valence-corrected chi connectivity index (χ3v) is 4.94. The third kappa shape index (κ3) is 4.07. The highest BCUT2D eigenvalue weighted by Gasteiger charge is 2.16. The van der Waals surface area contributed by atoms with Crippen molar-refractivity contribution in [2.75, 3.05) is 26.4 Å². The minimum absolute atomic E-state index is 0.0701. The molecule has 0 bridgehead atoms. The molecule has 6 heteroatoms. The van der Waals surface area contributed by atoms with Crippen LogP contribution in [0, 0.1) is 26.7 Å². The first-order valence-corrected chi connectivity index (χ1v) is 8.97. The minimum Gasteiger partial charge on any atom is -0.483 e.